The number of aliphatic hydroxyl groups excluding tert-OH is 1. The van der Waals surface area contributed by atoms with E-state index >= 15 is 0 Å². The molecule has 82 valence electrons. The van der Waals surface area contributed by atoms with Gasteiger partial charge in [0.05, 0.1) is 31.6 Å². The maximum atomic E-state index is 9.02. The fourth-order valence-corrected chi connectivity index (χ4v) is 1.78. The first kappa shape index (κ1) is 10.4. The Morgan fingerprint density at radius 3 is 3.20 bits per heavy atom. The molecule has 0 spiro atoms. The Kier molecular flexibility index (Phi) is 3.18. The standard InChI is InChI=1S/C11H16N2O2/c1-9-8-15-6-5-13(9)11-4-2-3-10(7-14)12-11/h2-4,9,14H,5-8H2,1H3. The number of aliphatic hydroxyl groups is 1. The molecule has 1 saturated heterocycles. The van der Waals surface area contributed by atoms with Gasteiger partial charge in [-0.1, -0.05) is 6.07 Å². The van der Waals surface area contributed by atoms with Crippen LogP contribution < -0.4 is 4.90 Å². The van der Waals surface area contributed by atoms with Crippen LogP contribution in [-0.4, -0.2) is 35.9 Å². The van der Waals surface area contributed by atoms with Crippen molar-refractivity contribution in [2.45, 2.75) is 19.6 Å². The highest BCUT2D eigenvalue weighted by Gasteiger charge is 2.19. The molecule has 1 aromatic heterocycles. The molecule has 1 N–H and O–H groups in total. The van der Waals surface area contributed by atoms with Crippen LogP contribution in [0.5, 0.6) is 0 Å². The number of nitrogens with zero attached hydrogens (tertiary/aromatic N) is 2. The number of ether oxygens (including phenoxy) is 1. The summed E-state index contributed by atoms with van der Waals surface area (Å²) in [7, 11) is 0. The molecule has 0 bridgehead atoms. The highest BCUT2D eigenvalue weighted by atomic mass is 16.5. The van der Waals surface area contributed by atoms with E-state index in [1.165, 1.54) is 0 Å². The molecular formula is C11H16N2O2. The number of hydrogen-bond acceptors (Lipinski definition) is 4. The van der Waals surface area contributed by atoms with Crippen LogP contribution in [0.25, 0.3) is 0 Å². The van der Waals surface area contributed by atoms with Gasteiger partial charge in [0.1, 0.15) is 5.82 Å². The number of rotatable bonds is 2. The predicted octanol–water partition coefficient (Wildman–Crippen LogP) is 0.799. The first-order valence-electron chi connectivity index (χ1n) is 5.22. The van der Waals surface area contributed by atoms with Crippen LogP contribution in [0.15, 0.2) is 18.2 Å². The summed E-state index contributed by atoms with van der Waals surface area (Å²) in [5.41, 5.74) is 0.714. The Morgan fingerprint density at radius 1 is 1.60 bits per heavy atom. The molecule has 1 unspecified atom stereocenters. The van der Waals surface area contributed by atoms with Crippen molar-refractivity contribution < 1.29 is 9.84 Å². The van der Waals surface area contributed by atoms with Crippen LogP contribution in [0.3, 0.4) is 0 Å². The molecule has 1 aliphatic rings. The Balaban J connectivity index is 2.19. The second-order valence-electron chi connectivity index (χ2n) is 3.76. The SMILES string of the molecule is CC1COCCN1c1cccc(CO)n1. The highest BCUT2D eigenvalue weighted by Crippen LogP contribution is 2.17. The fourth-order valence-electron chi connectivity index (χ4n) is 1.78. The van der Waals surface area contributed by atoms with Gasteiger partial charge in [0.15, 0.2) is 0 Å². The maximum Gasteiger partial charge on any atom is 0.129 e. The van der Waals surface area contributed by atoms with Crippen LogP contribution in [0.1, 0.15) is 12.6 Å². The molecule has 0 amide bonds. The fraction of sp³-hybridized carbons (Fsp3) is 0.545. The van der Waals surface area contributed by atoms with Gasteiger partial charge in [0, 0.05) is 6.54 Å². The number of pyridine rings is 1. The van der Waals surface area contributed by atoms with Crippen molar-refractivity contribution >= 4 is 5.82 Å². The molecular weight excluding hydrogens is 192 g/mol. The molecule has 1 aromatic rings. The first-order chi connectivity index (χ1) is 7.31. The molecule has 1 fully saturated rings. The van der Waals surface area contributed by atoms with E-state index in [9.17, 15) is 0 Å². The van der Waals surface area contributed by atoms with Crippen molar-refractivity contribution in [1.29, 1.82) is 0 Å². The van der Waals surface area contributed by atoms with E-state index in [-0.39, 0.29) is 6.61 Å². The highest BCUT2D eigenvalue weighted by molar-refractivity contribution is 5.40. The van der Waals surface area contributed by atoms with Crippen LogP contribution >= 0.6 is 0 Å². The van der Waals surface area contributed by atoms with Crippen molar-refractivity contribution in [2.75, 3.05) is 24.7 Å². The normalized spacial score (nSPS) is 21.7. The van der Waals surface area contributed by atoms with Crippen LogP contribution in [0.2, 0.25) is 0 Å². The summed E-state index contributed by atoms with van der Waals surface area (Å²) in [5.74, 6) is 0.928. The van der Waals surface area contributed by atoms with Crippen molar-refractivity contribution in [3.8, 4) is 0 Å². The lowest BCUT2D eigenvalue weighted by Gasteiger charge is -2.34. The molecule has 1 aliphatic heterocycles. The van der Waals surface area contributed by atoms with Gasteiger partial charge in [-0.05, 0) is 19.1 Å². The van der Waals surface area contributed by atoms with Crippen molar-refractivity contribution in [3.05, 3.63) is 23.9 Å². The number of hydrogen-bond donors (Lipinski definition) is 1. The summed E-state index contributed by atoms with van der Waals surface area (Å²) in [4.78, 5) is 6.60. The summed E-state index contributed by atoms with van der Waals surface area (Å²) in [5, 5.41) is 9.02. The lowest BCUT2D eigenvalue weighted by molar-refractivity contribution is 0.0985. The third-order valence-electron chi connectivity index (χ3n) is 2.62. The molecule has 0 aliphatic carbocycles. The molecule has 4 heteroatoms. The molecule has 1 atom stereocenters. The summed E-state index contributed by atoms with van der Waals surface area (Å²) in [6.45, 7) is 4.46. The number of anilines is 1. The Labute approximate surface area is 89.5 Å². The van der Waals surface area contributed by atoms with Gasteiger partial charge >= 0.3 is 0 Å². The molecule has 15 heavy (non-hydrogen) atoms. The zero-order valence-electron chi connectivity index (χ0n) is 8.89. The quantitative estimate of drug-likeness (QED) is 0.781. The van der Waals surface area contributed by atoms with E-state index in [1.54, 1.807) is 0 Å². The van der Waals surface area contributed by atoms with Gasteiger partial charge in [-0.15, -0.1) is 0 Å². The monoisotopic (exact) mass is 208 g/mol. The predicted molar refractivity (Wildman–Crippen MR) is 57.8 cm³/mol. The van der Waals surface area contributed by atoms with Gasteiger partial charge in [-0.3, -0.25) is 0 Å². The zero-order valence-corrected chi connectivity index (χ0v) is 8.89. The zero-order chi connectivity index (χ0) is 10.7. The van der Waals surface area contributed by atoms with Gasteiger partial charge in [-0.25, -0.2) is 4.98 Å². The number of aromatic nitrogens is 1. The van der Waals surface area contributed by atoms with Gasteiger partial charge in [-0.2, -0.15) is 0 Å². The van der Waals surface area contributed by atoms with Crippen LogP contribution in [0.4, 0.5) is 5.82 Å². The molecule has 0 saturated carbocycles. The van der Waals surface area contributed by atoms with Crippen LogP contribution in [0, 0.1) is 0 Å². The third kappa shape index (κ3) is 2.27. The van der Waals surface area contributed by atoms with E-state index in [2.05, 4.69) is 16.8 Å². The lowest BCUT2D eigenvalue weighted by Crippen LogP contribution is -2.44. The average molecular weight is 208 g/mol. The number of morpholine rings is 1. The second-order valence-corrected chi connectivity index (χ2v) is 3.76. The van der Waals surface area contributed by atoms with E-state index in [0.717, 1.165) is 25.6 Å². The summed E-state index contributed by atoms with van der Waals surface area (Å²) >= 11 is 0. The maximum absolute atomic E-state index is 9.02. The Morgan fingerprint density at radius 2 is 2.47 bits per heavy atom. The van der Waals surface area contributed by atoms with Gasteiger partial charge in [0.2, 0.25) is 0 Å². The second kappa shape index (κ2) is 4.59. The minimum atomic E-state index is -0.00738. The summed E-state index contributed by atoms with van der Waals surface area (Å²) < 4.78 is 5.37. The van der Waals surface area contributed by atoms with Gasteiger partial charge in [0.25, 0.3) is 0 Å². The minimum absolute atomic E-state index is 0.00738. The molecule has 4 nitrogen and oxygen atoms in total. The minimum Gasteiger partial charge on any atom is -0.390 e. The summed E-state index contributed by atoms with van der Waals surface area (Å²) in [6, 6.07) is 6.08. The van der Waals surface area contributed by atoms with Crippen molar-refractivity contribution in [1.82, 2.24) is 4.98 Å². The molecule has 0 aromatic carbocycles. The van der Waals surface area contributed by atoms with Crippen molar-refractivity contribution in [2.24, 2.45) is 0 Å². The smallest absolute Gasteiger partial charge is 0.129 e. The summed E-state index contributed by atoms with van der Waals surface area (Å²) in [6.07, 6.45) is 0. The lowest BCUT2D eigenvalue weighted by atomic mass is 10.2. The molecule has 2 rings (SSSR count). The van der Waals surface area contributed by atoms with E-state index in [4.69, 9.17) is 9.84 Å². The largest absolute Gasteiger partial charge is 0.390 e. The molecule has 0 radical (unpaired) electrons. The van der Waals surface area contributed by atoms with Gasteiger partial charge < -0.3 is 14.7 Å². The van der Waals surface area contributed by atoms with E-state index < -0.39 is 0 Å². The average Bonchev–Trinajstić information content (AvgIpc) is 2.30. The molecule has 2 heterocycles. The Hall–Kier alpha value is -1.13. The topological polar surface area (TPSA) is 45.6 Å². The van der Waals surface area contributed by atoms with Crippen molar-refractivity contribution in [3.63, 3.8) is 0 Å². The Bertz CT molecular complexity index is 330. The van der Waals surface area contributed by atoms with E-state index in [0.29, 0.717) is 11.7 Å². The third-order valence-corrected chi connectivity index (χ3v) is 2.62. The van der Waals surface area contributed by atoms with Crippen LogP contribution in [-0.2, 0) is 11.3 Å². The first-order valence-corrected chi connectivity index (χ1v) is 5.22. The van der Waals surface area contributed by atoms with E-state index in [1.807, 2.05) is 18.2 Å².